The fraction of sp³-hybridized carbons (Fsp3) is 0.600. The van der Waals surface area contributed by atoms with Gasteiger partial charge in [0.1, 0.15) is 36.3 Å². The average Bonchev–Trinajstić information content (AvgIpc) is 2.87. The Balaban J connectivity index is 2.66. The zero-order chi connectivity index (χ0) is 13.0. The molecule has 1 aromatic rings. The Kier molecular flexibility index (Phi) is 5.06. The minimum atomic E-state index is -1.82. The highest BCUT2D eigenvalue weighted by atomic mass is 16.4. The summed E-state index contributed by atoms with van der Waals surface area (Å²) in [6, 6.07) is 2.87. The molecule has 6 N–H and O–H groups in total. The molecule has 1 aromatic heterocycles. The van der Waals surface area contributed by atoms with Gasteiger partial charge in [-0.15, -0.1) is 0 Å². The van der Waals surface area contributed by atoms with E-state index in [9.17, 15) is 20.4 Å². The van der Waals surface area contributed by atoms with Crippen LogP contribution >= 0.6 is 0 Å². The first-order valence-corrected chi connectivity index (χ1v) is 5.03. The molecule has 0 saturated carbocycles. The molecule has 0 bridgehead atoms. The maximum atomic E-state index is 9.59. The molecule has 5 atom stereocenters. The van der Waals surface area contributed by atoms with Crippen LogP contribution in [0.3, 0.4) is 0 Å². The van der Waals surface area contributed by atoms with Gasteiger partial charge < -0.3 is 35.1 Å². The molecule has 0 radical (unpaired) electrons. The van der Waals surface area contributed by atoms with Crippen LogP contribution in [0.2, 0.25) is 0 Å². The molecule has 1 unspecified atom stereocenters. The summed E-state index contributed by atoms with van der Waals surface area (Å²) in [4.78, 5) is 0. The first-order valence-electron chi connectivity index (χ1n) is 5.03. The van der Waals surface area contributed by atoms with Crippen molar-refractivity contribution in [2.24, 2.45) is 0 Å². The van der Waals surface area contributed by atoms with E-state index >= 15 is 0 Å². The summed E-state index contributed by atoms with van der Waals surface area (Å²) in [6.07, 6.45) is -7.23. The van der Waals surface area contributed by atoms with Gasteiger partial charge in [0.25, 0.3) is 0 Å². The third-order valence-electron chi connectivity index (χ3n) is 2.44. The van der Waals surface area contributed by atoms with Gasteiger partial charge in [0.2, 0.25) is 0 Å². The Bertz CT molecular complexity index is 312. The molecule has 0 saturated heterocycles. The van der Waals surface area contributed by atoms with Crippen LogP contribution in [0.4, 0.5) is 0 Å². The van der Waals surface area contributed by atoms with Crippen LogP contribution in [0, 0.1) is 0 Å². The molecule has 0 aromatic carbocycles. The highest BCUT2D eigenvalue weighted by Crippen LogP contribution is 2.21. The molecule has 0 aliphatic carbocycles. The minimum Gasteiger partial charge on any atom is -0.466 e. The monoisotopic (exact) mass is 248 g/mol. The largest absolute Gasteiger partial charge is 0.466 e. The molecule has 1 rings (SSSR count). The second-order valence-electron chi connectivity index (χ2n) is 3.68. The molecule has 17 heavy (non-hydrogen) atoms. The lowest BCUT2D eigenvalue weighted by atomic mass is 9.98. The molecule has 98 valence electrons. The molecule has 7 nitrogen and oxygen atoms in total. The van der Waals surface area contributed by atoms with Crippen molar-refractivity contribution in [1.82, 2.24) is 0 Å². The van der Waals surface area contributed by atoms with Crippen LogP contribution in [0.15, 0.2) is 22.8 Å². The molecule has 0 spiro atoms. The highest BCUT2D eigenvalue weighted by molar-refractivity contribution is 5.05. The number of hydrogen-bond donors (Lipinski definition) is 6. The maximum Gasteiger partial charge on any atom is 0.140 e. The van der Waals surface area contributed by atoms with Crippen LogP contribution in [0.25, 0.3) is 0 Å². The summed E-state index contributed by atoms with van der Waals surface area (Å²) in [5.41, 5.74) is 0. The Morgan fingerprint density at radius 1 is 1.00 bits per heavy atom. The Labute approximate surface area is 97.2 Å². The van der Waals surface area contributed by atoms with Crippen molar-refractivity contribution in [3.05, 3.63) is 24.2 Å². The highest BCUT2D eigenvalue weighted by Gasteiger charge is 2.35. The number of aliphatic hydroxyl groups is 6. The van der Waals surface area contributed by atoms with E-state index in [1.165, 1.54) is 18.4 Å². The smallest absolute Gasteiger partial charge is 0.140 e. The molecule has 0 aliphatic heterocycles. The van der Waals surface area contributed by atoms with Crippen LogP contribution in [-0.2, 0) is 0 Å². The first kappa shape index (κ1) is 14.1. The summed E-state index contributed by atoms with van der Waals surface area (Å²) in [6.45, 7) is -0.776. The zero-order valence-electron chi connectivity index (χ0n) is 8.92. The van der Waals surface area contributed by atoms with Crippen molar-refractivity contribution in [2.75, 3.05) is 6.61 Å². The van der Waals surface area contributed by atoms with Gasteiger partial charge in [-0.1, -0.05) is 0 Å². The normalized spacial score (nSPS) is 20.6. The quantitative estimate of drug-likeness (QED) is 0.335. The van der Waals surface area contributed by atoms with Crippen molar-refractivity contribution in [2.45, 2.75) is 30.5 Å². The fourth-order valence-electron chi connectivity index (χ4n) is 1.35. The van der Waals surface area contributed by atoms with Gasteiger partial charge in [-0.25, -0.2) is 0 Å². The number of hydrogen-bond acceptors (Lipinski definition) is 7. The van der Waals surface area contributed by atoms with Gasteiger partial charge in [0.15, 0.2) is 0 Å². The summed E-state index contributed by atoms with van der Waals surface area (Å²) in [7, 11) is 0. The standard InChI is InChI=1S/C10H16O7/c11-4-5(12)7(13)9(15)10(16)8(14)6-2-1-3-17-6/h1-3,5,7-16H,4H2/t5-,7-,8?,9+,10+/m1/s1. The molecule has 0 fully saturated rings. The van der Waals surface area contributed by atoms with Gasteiger partial charge in [-0.05, 0) is 12.1 Å². The van der Waals surface area contributed by atoms with Crippen LogP contribution < -0.4 is 0 Å². The third-order valence-corrected chi connectivity index (χ3v) is 2.44. The van der Waals surface area contributed by atoms with Crippen molar-refractivity contribution >= 4 is 0 Å². The van der Waals surface area contributed by atoms with E-state index in [1.54, 1.807) is 0 Å². The van der Waals surface area contributed by atoms with Gasteiger partial charge in [0.05, 0.1) is 12.9 Å². The van der Waals surface area contributed by atoms with Gasteiger partial charge >= 0.3 is 0 Å². The molecular weight excluding hydrogens is 232 g/mol. The lowest BCUT2D eigenvalue weighted by Gasteiger charge is -2.27. The summed E-state index contributed by atoms with van der Waals surface area (Å²) < 4.78 is 4.82. The van der Waals surface area contributed by atoms with E-state index in [1.807, 2.05) is 0 Å². The van der Waals surface area contributed by atoms with E-state index in [0.29, 0.717) is 0 Å². The molecule has 7 heteroatoms. The van der Waals surface area contributed by atoms with Crippen LogP contribution in [0.1, 0.15) is 11.9 Å². The zero-order valence-corrected chi connectivity index (χ0v) is 8.92. The second-order valence-corrected chi connectivity index (χ2v) is 3.68. The predicted molar refractivity (Wildman–Crippen MR) is 54.8 cm³/mol. The van der Waals surface area contributed by atoms with E-state index in [2.05, 4.69) is 0 Å². The van der Waals surface area contributed by atoms with Gasteiger partial charge in [-0.3, -0.25) is 0 Å². The van der Waals surface area contributed by atoms with Crippen molar-refractivity contribution < 1.29 is 35.1 Å². The van der Waals surface area contributed by atoms with Crippen molar-refractivity contribution in [3.63, 3.8) is 0 Å². The summed E-state index contributed by atoms with van der Waals surface area (Å²) in [5, 5.41) is 55.6. The van der Waals surface area contributed by atoms with E-state index < -0.39 is 37.1 Å². The predicted octanol–water partition coefficient (Wildman–Crippen LogP) is -2.25. The summed E-state index contributed by atoms with van der Waals surface area (Å²) >= 11 is 0. The lowest BCUT2D eigenvalue weighted by molar-refractivity contribution is -0.143. The van der Waals surface area contributed by atoms with Gasteiger partial charge in [0, 0.05) is 0 Å². The lowest BCUT2D eigenvalue weighted by Crippen LogP contribution is -2.47. The fourth-order valence-corrected chi connectivity index (χ4v) is 1.35. The van der Waals surface area contributed by atoms with Gasteiger partial charge in [-0.2, -0.15) is 0 Å². The number of aliphatic hydroxyl groups excluding tert-OH is 6. The Hall–Kier alpha value is -0.960. The SMILES string of the molecule is OC[C@@H](O)[C@@H](O)[C@H](O)[C@@H](O)C(O)c1ccco1. The maximum absolute atomic E-state index is 9.59. The molecule has 0 amide bonds. The first-order chi connectivity index (χ1) is 7.99. The Morgan fingerprint density at radius 3 is 2.12 bits per heavy atom. The van der Waals surface area contributed by atoms with E-state index in [4.69, 9.17) is 14.6 Å². The van der Waals surface area contributed by atoms with Crippen LogP contribution in [0.5, 0.6) is 0 Å². The van der Waals surface area contributed by atoms with E-state index in [0.717, 1.165) is 0 Å². The average molecular weight is 248 g/mol. The minimum absolute atomic E-state index is 0.0160. The second kappa shape index (κ2) is 6.10. The summed E-state index contributed by atoms with van der Waals surface area (Å²) in [5.74, 6) is 0.0160. The molecule has 1 heterocycles. The number of rotatable bonds is 6. The molecule has 0 aliphatic rings. The Morgan fingerprint density at radius 2 is 1.65 bits per heavy atom. The van der Waals surface area contributed by atoms with Crippen molar-refractivity contribution in [3.8, 4) is 0 Å². The van der Waals surface area contributed by atoms with E-state index in [-0.39, 0.29) is 5.76 Å². The molecular formula is C10H16O7. The number of furan rings is 1. The van der Waals surface area contributed by atoms with Crippen LogP contribution in [-0.4, -0.2) is 61.7 Å². The third kappa shape index (κ3) is 3.25. The van der Waals surface area contributed by atoms with Crippen molar-refractivity contribution in [1.29, 1.82) is 0 Å². The topological polar surface area (TPSA) is 135 Å².